The molecule has 5 N–H and O–H groups in total. The Bertz CT molecular complexity index is 1970. The second-order valence-corrected chi connectivity index (χ2v) is 23.2. The van der Waals surface area contributed by atoms with Crippen LogP contribution in [0.2, 0.25) is 0 Å². The molecule has 4 amide bonds. The Morgan fingerprint density at radius 2 is 0.953 bits per heavy atom. The van der Waals surface area contributed by atoms with Gasteiger partial charge in [0.1, 0.15) is 0 Å². The third-order valence-corrected chi connectivity index (χ3v) is 18.7. The molecule has 2 atom stereocenters. The zero-order valence-corrected chi connectivity index (χ0v) is 38.5. The summed E-state index contributed by atoms with van der Waals surface area (Å²) >= 11 is 0. The smallest absolute Gasteiger partial charge is 0.317 e. The number of nitrogens with two attached hydrogens (primary N) is 1. The topological polar surface area (TPSA) is 152 Å². The molecule has 12 nitrogen and oxygen atoms in total. The van der Waals surface area contributed by atoms with Crippen LogP contribution in [0.1, 0.15) is 204 Å². The third-order valence-electron chi connectivity index (χ3n) is 18.7. The van der Waals surface area contributed by atoms with Gasteiger partial charge >= 0.3 is 6.03 Å². The van der Waals surface area contributed by atoms with Crippen molar-refractivity contribution in [2.45, 2.75) is 211 Å². The minimum atomic E-state index is -0.0623. The van der Waals surface area contributed by atoms with Gasteiger partial charge in [0.15, 0.2) is 11.4 Å². The number of carbonyl (C=O) groups excluding carboxylic acids is 3. The van der Waals surface area contributed by atoms with Crippen molar-refractivity contribution in [3.8, 4) is 0 Å². The van der Waals surface area contributed by atoms with Crippen LogP contribution >= 0.6 is 0 Å². The van der Waals surface area contributed by atoms with Gasteiger partial charge in [-0.05, 0) is 176 Å². The molecule has 352 valence electrons. The second kappa shape index (κ2) is 18.3. The first-order chi connectivity index (χ1) is 30.6. The molecule has 2 unspecified atom stereocenters. The number of hydrogen-bond acceptors (Lipinski definition) is 6. The lowest BCUT2D eigenvalue weighted by Crippen LogP contribution is -2.56. The first kappa shape index (κ1) is 44.4. The van der Waals surface area contributed by atoms with Crippen LogP contribution in [0.3, 0.4) is 0 Å². The van der Waals surface area contributed by atoms with E-state index < -0.39 is 0 Å². The molecule has 8 bridgehead atoms. The summed E-state index contributed by atoms with van der Waals surface area (Å²) < 4.78 is 4.48. The molecule has 0 radical (unpaired) electrons. The van der Waals surface area contributed by atoms with E-state index in [1.54, 1.807) is 19.0 Å². The summed E-state index contributed by atoms with van der Waals surface area (Å²) in [7, 11) is 3.54. The Morgan fingerprint density at radius 1 is 0.547 bits per heavy atom. The average Bonchev–Trinajstić information content (AvgIpc) is 3.85. The molecule has 10 saturated carbocycles. The van der Waals surface area contributed by atoms with Crippen molar-refractivity contribution in [2.24, 2.45) is 53.1 Å². The van der Waals surface area contributed by atoms with Gasteiger partial charge in [0.2, 0.25) is 0 Å². The van der Waals surface area contributed by atoms with E-state index in [2.05, 4.69) is 25.3 Å². The van der Waals surface area contributed by atoms with Crippen LogP contribution in [-0.2, 0) is 25.7 Å². The maximum atomic E-state index is 13.8. The highest BCUT2D eigenvalue weighted by Gasteiger charge is 2.50. The minimum Gasteiger partial charge on any atom is -0.347 e. The molecule has 2 heterocycles. The summed E-state index contributed by atoms with van der Waals surface area (Å²) in [6.45, 7) is 0. The molecule has 10 fully saturated rings. The van der Waals surface area contributed by atoms with Crippen molar-refractivity contribution in [1.82, 2.24) is 40.4 Å². The van der Waals surface area contributed by atoms with E-state index in [1.807, 2.05) is 0 Å². The highest BCUT2D eigenvalue weighted by atomic mass is 16.2. The summed E-state index contributed by atoms with van der Waals surface area (Å²) in [6.07, 6.45) is 31.1. The van der Waals surface area contributed by atoms with Crippen LogP contribution in [0.25, 0.3) is 0 Å². The number of amides is 4. The molecule has 0 aliphatic heterocycles. The van der Waals surface area contributed by atoms with Crippen LogP contribution in [0.4, 0.5) is 4.79 Å². The third kappa shape index (κ3) is 8.57. The van der Waals surface area contributed by atoms with Crippen molar-refractivity contribution in [2.75, 3.05) is 14.1 Å². The first-order valence-corrected chi connectivity index (χ1v) is 26.2. The molecule has 12 heteroatoms. The Hall–Kier alpha value is -3.41. The number of nitrogens with zero attached hydrogens (tertiary/aromatic N) is 5. The molecule has 0 saturated heterocycles. The molecule has 2 aromatic rings. The largest absolute Gasteiger partial charge is 0.347 e. The standard InChI is InChI=1S/C27H41N5O2.C24H36N4O.CH4/c1-31(2)27(34)28-20-8-9-23-22(15-20)25(30-32(23)21-6-4-3-5-7-21)26(33)29-24-18-11-16-10-17(13-18)14-19(24)12-16;25-18-6-7-21-20(13-18)23(27-28(21)19-4-2-1-3-5-19)24(29)26-22-16-9-14-8-15(11-16)12-17(22)10-14;/h16-21,24H,3-15H2,1-2H3,(H,28,34)(H,29,33);14-19,22H,1-13,25H2,(H,26,29);1H4. The fourth-order valence-corrected chi connectivity index (χ4v) is 16.1. The number of urea groups is 1. The molecular weight excluding hydrogens is 799 g/mol. The molecule has 2 aromatic heterocycles. The zero-order chi connectivity index (χ0) is 42.9. The van der Waals surface area contributed by atoms with Gasteiger partial charge in [-0.3, -0.25) is 19.0 Å². The second-order valence-electron chi connectivity index (χ2n) is 23.2. The van der Waals surface area contributed by atoms with Crippen molar-refractivity contribution in [1.29, 1.82) is 0 Å². The normalized spacial score (nSPS) is 35.9. The lowest BCUT2D eigenvalue weighted by molar-refractivity contribution is -0.0120. The molecule has 14 rings (SSSR count). The predicted octanol–water partition coefficient (Wildman–Crippen LogP) is 8.47. The number of hydrogen-bond donors (Lipinski definition) is 4. The number of nitrogens with one attached hydrogen (secondary N) is 3. The molecule has 0 spiro atoms. The van der Waals surface area contributed by atoms with E-state index in [0.29, 0.717) is 65.6 Å². The van der Waals surface area contributed by atoms with Crippen molar-refractivity contribution in [3.63, 3.8) is 0 Å². The van der Waals surface area contributed by atoms with Crippen LogP contribution in [0.5, 0.6) is 0 Å². The van der Waals surface area contributed by atoms with Crippen molar-refractivity contribution < 1.29 is 14.4 Å². The maximum absolute atomic E-state index is 13.8. The van der Waals surface area contributed by atoms with E-state index in [9.17, 15) is 14.4 Å². The fraction of sp³-hybridized carbons (Fsp3) is 0.827. The Balaban J connectivity index is 0.000000151. The molecule has 64 heavy (non-hydrogen) atoms. The molecule has 0 aromatic carbocycles. The number of fused-ring (bicyclic) bond motifs is 2. The summed E-state index contributed by atoms with van der Waals surface area (Å²) in [5, 5.41) is 20.2. The van der Waals surface area contributed by atoms with Gasteiger partial charge in [0, 0.05) is 60.8 Å². The first-order valence-electron chi connectivity index (χ1n) is 26.2. The average molecular weight is 880 g/mol. The molecule has 12 aliphatic carbocycles. The van der Waals surface area contributed by atoms with Crippen molar-refractivity contribution in [3.05, 3.63) is 33.9 Å². The quantitative estimate of drug-likeness (QED) is 0.219. The highest BCUT2D eigenvalue weighted by molar-refractivity contribution is 5.95. The Morgan fingerprint density at radius 3 is 1.38 bits per heavy atom. The summed E-state index contributed by atoms with van der Waals surface area (Å²) in [5.74, 6) is 6.49. The van der Waals surface area contributed by atoms with Crippen LogP contribution in [-0.4, -0.2) is 80.6 Å². The van der Waals surface area contributed by atoms with E-state index in [-0.39, 0.29) is 37.4 Å². The van der Waals surface area contributed by atoms with Gasteiger partial charge in [0.25, 0.3) is 11.8 Å². The fourth-order valence-electron chi connectivity index (χ4n) is 16.1. The maximum Gasteiger partial charge on any atom is 0.317 e. The van der Waals surface area contributed by atoms with Crippen LogP contribution in [0, 0.1) is 47.3 Å². The van der Waals surface area contributed by atoms with E-state index in [4.69, 9.17) is 15.9 Å². The summed E-state index contributed by atoms with van der Waals surface area (Å²) in [5.41, 5.74) is 12.5. The summed E-state index contributed by atoms with van der Waals surface area (Å²) in [6, 6.07) is 1.76. The minimum absolute atomic E-state index is 0. The predicted molar refractivity (Wildman–Crippen MR) is 250 cm³/mol. The van der Waals surface area contributed by atoms with Gasteiger partial charge in [-0.15, -0.1) is 0 Å². The molecular formula is C52H81N9O3. The number of rotatable bonds is 7. The van der Waals surface area contributed by atoms with Crippen LogP contribution in [0.15, 0.2) is 0 Å². The van der Waals surface area contributed by atoms with Gasteiger partial charge in [0.05, 0.1) is 12.1 Å². The van der Waals surface area contributed by atoms with E-state index in [0.717, 1.165) is 79.7 Å². The van der Waals surface area contributed by atoms with Gasteiger partial charge < -0.3 is 26.6 Å². The highest BCUT2D eigenvalue weighted by Crippen LogP contribution is 2.55. The van der Waals surface area contributed by atoms with Gasteiger partial charge in [-0.1, -0.05) is 46.0 Å². The lowest BCUT2D eigenvalue weighted by Gasteiger charge is -2.54. The van der Waals surface area contributed by atoms with E-state index in [1.165, 1.54) is 127 Å². The van der Waals surface area contributed by atoms with Crippen LogP contribution < -0.4 is 21.7 Å². The SMILES string of the molecule is C.CN(C)C(=O)NC1CCc2c(c(C(=O)NC3C4CC5CC(C4)CC3C5)nn2C2CCCCC2)C1.NC1CCc2c(c(C(=O)NC3C4CC5CC(C4)CC3C5)nn2C2CCCCC2)C1. The zero-order valence-electron chi connectivity index (χ0n) is 38.5. The summed E-state index contributed by atoms with van der Waals surface area (Å²) in [4.78, 5) is 41.1. The lowest BCUT2D eigenvalue weighted by atomic mass is 9.54. The van der Waals surface area contributed by atoms with Crippen molar-refractivity contribution >= 4 is 17.8 Å². The monoisotopic (exact) mass is 880 g/mol. The Kier molecular flexibility index (Phi) is 12.7. The number of aromatic nitrogens is 4. The Labute approximate surface area is 383 Å². The van der Waals surface area contributed by atoms with Gasteiger partial charge in [-0.2, -0.15) is 10.2 Å². The van der Waals surface area contributed by atoms with Gasteiger partial charge in [-0.25, -0.2) is 4.79 Å². The molecule has 12 aliphatic rings. The number of carbonyl (C=O) groups is 3. The van der Waals surface area contributed by atoms with E-state index >= 15 is 0 Å².